The molecule has 3 heterocycles. The summed E-state index contributed by atoms with van der Waals surface area (Å²) in [6.07, 6.45) is 2.80. The number of halogens is 1. The van der Waals surface area contributed by atoms with Gasteiger partial charge in [-0.25, -0.2) is 10.3 Å². The van der Waals surface area contributed by atoms with Gasteiger partial charge in [-0.1, -0.05) is 35.9 Å². The highest BCUT2D eigenvalue weighted by Gasteiger charge is 2.42. The molecule has 0 aliphatic carbocycles. The zero-order chi connectivity index (χ0) is 20.7. The molecule has 2 aliphatic rings. The number of nitrogens with one attached hydrogen (secondary N) is 1. The molecule has 0 radical (unpaired) electrons. The van der Waals surface area contributed by atoms with Crippen molar-refractivity contribution in [3.8, 4) is 16.9 Å². The third-order valence-electron chi connectivity index (χ3n) is 5.78. The number of rotatable bonds is 1. The highest BCUT2D eigenvalue weighted by Crippen LogP contribution is 2.40. The minimum Gasteiger partial charge on any atom is -0.462 e. The van der Waals surface area contributed by atoms with Gasteiger partial charge in [-0.15, -0.1) is 0 Å². The number of piperidine rings is 1. The molecule has 1 aromatic heterocycles. The summed E-state index contributed by atoms with van der Waals surface area (Å²) in [5.41, 5.74) is 5.28. The van der Waals surface area contributed by atoms with Crippen molar-refractivity contribution in [1.29, 1.82) is 0 Å². The Balaban J connectivity index is 1.39. The highest BCUT2D eigenvalue weighted by molar-refractivity contribution is 6.37. The van der Waals surface area contributed by atoms with E-state index in [9.17, 15) is 4.79 Å². The van der Waals surface area contributed by atoms with E-state index >= 15 is 0 Å². The fourth-order valence-corrected chi connectivity index (χ4v) is 4.43. The van der Waals surface area contributed by atoms with Crippen LogP contribution in [0, 0.1) is 0 Å². The lowest BCUT2D eigenvalue weighted by molar-refractivity contribution is -0.225. The fraction of sp³-hybridized carbons (Fsp3) is 0.273. The number of ether oxygens (including phenoxy) is 2. The highest BCUT2D eigenvalue weighted by atomic mass is 35.5. The maximum Gasteiger partial charge on any atom is 0.341 e. The van der Waals surface area contributed by atoms with Crippen molar-refractivity contribution >= 4 is 28.5 Å². The van der Waals surface area contributed by atoms with Gasteiger partial charge in [0, 0.05) is 48.6 Å². The van der Waals surface area contributed by atoms with E-state index in [1.165, 1.54) is 4.90 Å². The number of hydrogen-bond donors (Lipinski definition) is 2. The lowest BCUT2D eigenvalue weighted by atomic mass is 9.98. The number of hydroxylamine groups is 1. The fourth-order valence-electron chi connectivity index (χ4n) is 4.10. The zero-order valence-corrected chi connectivity index (χ0v) is 16.9. The van der Waals surface area contributed by atoms with Crippen molar-refractivity contribution in [3.63, 3.8) is 0 Å². The van der Waals surface area contributed by atoms with Crippen molar-refractivity contribution in [2.75, 3.05) is 13.1 Å². The Morgan fingerprint density at radius 2 is 2.03 bits per heavy atom. The Bertz CT molecular complexity index is 1130. The van der Waals surface area contributed by atoms with Crippen molar-refractivity contribution < 1.29 is 19.5 Å². The molecule has 154 valence electrons. The van der Waals surface area contributed by atoms with Crippen LogP contribution >= 0.6 is 11.6 Å². The van der Waals surface area contributed by atoms with E-state index in [1.807, 2.05) is 42.5 Å². The maximum absolute atomic E-state index is 11.6. The summed E-state index contributed by atoms with van der Waals surface area (Å²) in [5, 5.41) is 10.4. The molecule has 2 aliphatic heterocycles. The second-order valence-electron chi connectivity index (χ2n) is 7.53. The van der Waals surface area contributed by atoms with Crippen LogP contribution in [0.25, 0.3) is 22.0 Å². The Morgan fingerprint density at radius 1 is 1.20 bits per heavy atom. The normalized spacial score (nSPS) is 17.5. The lowest BCUT2D eigenvalue weighted by Crippen LogP contribution is -2.54. The van der Waals surface area contributed by atoms with Crippen LogP contribution in [-0.4, -0.2) is 40.0 Å². The van der Waals surface area contributed by atoms with Crippen LogP contribution in [0.3, 0.4) is 0 Å². The molecular weight excluding hydrogens is 406 g/mol. The van der Waals surface area contributed by atoms with E-state index in [-0.39, 0.29) is 0 Å². The van der Waals surface area contributed by atoms with Crippen molar-refractivity contribution in [1.82, 2.24) is 15.4 Å². The van der Waals surface area contributed by atoms with Gasteiger partial charge < -0.3 is 14.4 Å². The second-order valence-corrected chi connectivity index (χ2v) is 7.91. The number of hydrogen-bond acceptors (Lipinski definition) is 5. The Kier molecular flexibility index (Phi) is 4.73. The number of nitrogens with zero attached hydrogens (tertiary/aromatic N) is 2. The molecule has 7 nitrogen and oxygen atoms in total. The molecule has 1 fully saturated rings. The minimum absolute atomic E-state index is 0.415. The molecule has 0 saturated carbocycles. The first-order valence-electron chi connectivity index (χ1n) is 9.77. The molecule has 1 spiro atoms. The molecule has 0 unspecified atom stereocenters. The van der Waals surface area contributed by atoms with Gasteiger partial charge in [-0.05, 0) is 23.8 Å². The van der Waals surface area contributed by atoms with Crippen LogP contribution in [0.1, 0.15) is 18.4 Å². The topological polar surface area (TPSA) is 83.9 Å². The second kappa shape index (κ2) is 7.43. The predicted molar refractivity (Wildman–Crippen MR) is 111 cm³/mol. The number of aromatic nitrogens is 1. The molecule has 5 rings (SSSR count). The summed E-state index contributed by atoms with van der Waals surface area (Å²) in [7, 11) is 0. The van der Waals surface area contributed by atoms with Crippen LogP contribution < -0.4 is 10.2 Å². The smallest absolute Gasteiger partial charge is 0.341 e. The van der Waals surface area contributed by atoms with Gasteiger partial charge in [0.05, 0.1) is 17.1 Å². The van der Waals surface area contributed by atoms with Gasteiger partial charge in [0.2, 0.25) is 5.79 Å². The summed E-state index contributed by atoms with van der Waals surface area (Å²) in [4.78, 5) is 17.5. The first-order chi connectivity index (χ1) is 14.6. The summed E-state index contributed by atoms with van der Waals surface area (Å²) >= 11 is 6.65. The Morgan fingerprint density at radius 3 is 2.83 bits per heavy atom. The van der Waals surface area contributed by atoms with Gasteiger partial charge >= 0.3 is 6.03 Å². The molecule has 2 aromatic carbocycles. The molecule has 8 heteroatoms. The van der Waals surface area contributed by atoms with Gasteiger partial charge in [0.25, 0.3) is 0 Å². The molecule has 0 bridgehead atoms. The van der Waals surface area contributed by atoms with Crippen LogP contribution in [0.15, 0.2) is 48.7 Å². The molecule has 30 heavy (non-hydrogen) atoms. The molecule has 1 saturated heterocycles. The van der Waals surface area contributed by atoms with Gasteiger partial charge in [0.1, 0.15) is 5.75 Å². The van der Waals surface area contributed by atoms with E-state index in [4.69, 9.17) is 26.3 Å². The third-order valence-corrected chi connectivity index (χ3v) is 6.16. The molecule has 2 N–H and O–H groups in total. The van der Waals surface area contributed by atoms with E-state index in [0.29, 0.717) is 37.6 Å². The minimum atomic E-state index is -0.745. The predicted octanol–water partition coefficient (Wildman–Crippen LogP) is 4.36. The monoisotopic (exact) mass is 425 g/mol. The standard InChI is InChI=1S/C22H20ClN3O4/c23-19-17(5-3-14-2-1-9-24-20(14)19)15-4-6-18-16(12-15)13-29-22(30-18)7-10-26(11-8-22)21(27)25-28/h1-6,9,12,28H,7-8,10-11,13H2,(H,25,27). The van der Waals surface area contributed by atoms with Crippen LogP contribution in [0.4, 0.5) is 4.79 Å². The lowest BCUT2D eigenvalue weighted by Gasteiger charge is -2.43. The van der Waals surface area contributed by atoms with Crippen LogP contribution in [0.5, 0.6) is 5.75 Å². The number of fused-ring (bicyclic) bond motifs is 2. The van der Waals surface area contributed by atoms with Gasteiger partial charge in [-0.2, -0.15) is 0 Å². The first kappa shape index (κ1) is 19.1. The molecular formula is C22H20ClN3O4. The van der Waals surface area contributed by atoms with Crippen molar-refractivity contribution in [2.24, 2.45) is 0 Å². The SMILES string of the molecule is O=C(NO)N1CCC2(CC1)OCc1cc(-c3ccc4cccnc4c3Cl)ccc1O2. The van der Waals surface area contributed by atoms with Crippen molar-refractivity contribution in [3.05, 3.63) is 59.2 Å². The number of pyridine rings is 1. The van der Waals surface area contributed by atoms with Crippen molar-refractivity contribution in [2.45, 2.75) is 25.2 Å². The van der Waals surface area contributed by atoms with Gasteiger partial charge in [0.15, 0.2) is 0 Å². The summed E-state index contributed by atoms with van der Waals surface area (Å²) in [6.45, 7) is 1.30. The number of amides is 2. The van der Waals surface area contributed by atoms with Crippen LogP contribution in [-0.2, 0) is 11.3 Å². The average molecular weight is 426 g/mol. The number of benzene rings is 2. The zero-order valence-electron chi connectivity index (χ0n) is 16.1. The Labute approximate surface area is 178 Å². The molecule has 0 atom stereocenters. The van der Waals surface area contributed by atoms with Crippen LogP contribution in [0.2, 0.25) is 5.02 Å². The summed E-state index contributed by atoms with van der Waals surface area (Å²) in [6, 6.07) is 13.4. The third kappa shape index (κ3) is 3.25. The molecule has 2 amide bonds. The van der Waals surface area contributed by atoms with E-state index in [0.717, 1.165) is 33.3 Å². The number of urea groups is 1. The number of carbonyl (C=O) groups is 1. The van der Waals surface area contributed by atoms with E-state index in [1.54, 1.807) is 11.7 Å². The quantitative estimate of drug-likeness (QED) is 0.447. The molecule has 3 aromatic rings. The maximum atomic E-state index is 11.6. The number of carbonyl (C=O) groups excluding carboxylic acids is 1. The van der Waals surface area contributed by atoms with E-state index < -0.39 is 11.8 Å². The summed E-state index contributed by atoms with van der Waals surface area (Å²) in [5.74, 6) is 0.0331. The largest absolute Gasteiger partial charge is 0.462 e. The van der Waals surface area contributed by atoms with Gasteiger partial charge in [-0.3, -0.25) is 10.2 Å². The number of likely N-dealkylation sites (tertiary alicyclic amines) is 1. The first-order valence-corrected chi connectivity index (χ1v) is 10.1. The Hall–Kier alpha value is -2.87. The average Bonchev–Trinajstić information content (AvgIpc) is 2.79. The summed E-state index contributed by atoms with van der Waals surface area (Å²) < 4.78 is 12.3. The van der Waals surface area contributed by atoms with E-state index in [2.05, 4.69) is 4.98 Å².